The summed E-state index contributed by atoms with van der Waals surface area (Å²) in [6.45, 7) is 1.51. The van der Waals surface area contributed by atoms with Gasteiger partial charge in [-0.2, -0.15) is 13.2 Å². The molecule has 0 saturated carbocycles. The summed E-state index contributed by atoms with van der Waals surface area (Å²) in [5.41, 5.74) is -1.10. The van der Waals surface area contributed by atoms with Crippen molar-refractivity contribution < 1.29 is 36.6 Å². The third-order valence-electron chi connectivity index (χ3n) is 3.16. The molecule has 2 aromatic carbocycles. The highest BCUT2D eigenvalue weighted by Crippen LogP contribution is 2.33. The third-order valence-corrected chi connectivity index (χ3v) is 3.16. The molecule has 0 saturated heterocycles. The van der Waals surface area contributed by atoms with E-state index in [1.54, 1.807) is 0 Å². The van der Waals surface area contributed by atoms with Crippen molar-refractivity contribution in [3.8, 4) is 17.2 Å². The Bertz CT molecular complexity index is 741. The maximum Gasteiger partial charge on any atom is 0.416 e. The molecule has 134 valence electrons. The normalized spacial score (nSPS) is 12.4. The monoisotopic (exact) mass is 358 g/mol. The minimum absolute atomic E-state index is 0.191. The fourth-order valence-corrected chi connectivity index (χ4v) is 1.89. The molecule has 0 radical (unpaired) electrons. The lowest BCUT2D eigenvalue weighted by atomic mass is 10.2. The highest BCUT2D eigenvalue weighted by molar-refractivity contribution is 5.74. The number of hydrogen-bond donors (Lipinski definition) is 0. The third kappa shape index (κ3) is 4.85. The van der Waals surface area contributed by atoms with Gasteiger partial charge in [-0.25, -0.2) is 9.18 Å². The van der Waals surface area contributed by atoms with Crippen LogP contribution < -0.4 is 9.47 Å². The minimum atomic E-state index is -4.63. The maximum atomic E-state index is 13.7. The maximum absolute atomic E-state index is 13.7. The smallest absolute Gasteiger partial charge is 0.416 e. The van der Waals surface area contributed by atoms with Crippen LogP contribution in [0, 0.1) is 5.82 Å². The average Bonchev–Trinajstić information content (AvgIpc) is 2.56. The van der Waals surface area contributed by atoms with Gasteiger partial charge in [-0.15, -0.1) is 0 Å². The number of carbonyl (C=O) groups is 1. The van der Waals surface area contributed by atoms with E-state index in [1.807, 2.05) is 0 Å². The Morgan fingerprint density at radius 3 is 2.16 bits per heavy atom. The van der Waals surface area contributed by atoms with Crippen LogP contribution in [0.15, 0.2) is 42.5 Å². The standard InChI is InChI=1S/C17H14F4O4/c1-10(16(22)23-2)24-12-4-6-13(7-5-12)25-15-8-3-11(9-14(15)18)17(19,20)21/h3-10H,1-2H3. The molecule has 0 heterocycles. The zero-order valence-corrected chi connectivity index (χ0v) is 13.3. The first-order valence-electron chi connectivity index (χ1n) is 7.10. The van der Waals surface area contributed by atoms with Crippen molar-refractivity contribution in [2.24, 2.45) is 0 Å². The van der Waals surface area contributed by atoms with Gasteiger partial charge in [0.15, 0.2) is 17.7 Å². The zero-order valence-electron chi connectivity index (χ0n) is 13.3. The van der Waals surface area contributed by atoms with Gasteiger partial charge in [-0.3, -0.25) is 0 Å². The van der Waals surface area contributed by atoms with Gasteiger partial charge in [-0.05, 0) is 49.4 Å². The van der Waals surface area contributed by atoms with Crippen LogP contribution in [0.2, 0.25) is 0 Å². The quantitative estimate of drug-likeness (QED) is 0.580. The van der Waals surface area contributed by atoms with Crippen molar-refractivity contribution in [1.82, 2.24) is 0 Å². The molecule has 0 aliphatic carbocycles. The van der Waals surface area contributed by atoms with Crippen molar-refractivity contribution in [3.05, 3.63) is 53.8 Å². The number of rotatable bonds is 5. The molecule has 1 unspecified atom stereocenters. The largest absolute Gasteiger partial charge is 0.479 e. The van der Waals surface area contributed by atoms with E-state index in [2.05, 4.69) is 4.74 Å². The molecule has 0 aliphatic rings. The molecule has 4 nitrogen and oxygen atoms in total. The van der Waals surface area contributed by atoms with Crippen LogP contribution in [0.5, 0.6) is 17.2 Å². The van der Waals surface area contributed by atoms with E-state index in [0.717, 1.165) is 12.1 Å². The summed E-state index contributed by atoms with van der Waals surface area (Å²) >= 11 is 0. The van der Waals surface area contributed by atoms with Crippen LogP contribution in [0.3, 0.4) is 0 Å². The van der Waals surface area contributed by atoms with Crippen LogP contribution in [-0.4, -0.2) is 19.2 Å². The zero-order chi connectivity index (χ0) is 18.6. The molecule has 0 amide bonds. The Hall–Kier alpha value is -2.77. The van der Waals surface area contributed by atoms with E-state index in [9.17, 15) is 22.4 Å². The molecule has 0 aliphatic heterocycles. The van der Waals surface area contributed by atoms with Crippen LogP contribution in [0.25, 0.3) is 0 Å². The molecule has 25 heavy (non-hydrogen) atoms. The fourth-order valence-electron chi connectivity index (χ4n) is 1.89. The molecule has 2 rings (SSSR count). The number of ether oxygens (including phenoxy) is 3. The topological polar surface area (TPSA) is 44.8 Å². The average molecular weight is 358 g/mol. The van der Waals surface area contributed by atoms with Gasteiger partial charge in [0, 0.05) is 0 Å². The molecule has 0 N–H and O–H groups in total. The van der Waals surface area contributed by atoms with E-state index in [-0.39, 0.29) is 11.5 Å². The Morgan fingerprint density at radius 2 is 1.64 bits per heavy atom. The number of halogens is 4. The summed E-state index contributed by atoms with van der Waals surface area (Å²) in [4.78, 5) is 11.3. The summed E-state index contributed by atoms with van der Waals surface area (Å²) in [7, 11) is 1.23. The predicted octanol–water partition coefficient (Wildman–Crippen LogP) is 4.58. The van der Waals surface area contributed by atoms with Gasteiger partial charge < -0.3 is 14.2 Å². The molecule has 0 fully saturated rings. The van der Waals surface area contributed by atoms with Crippen molar-refractivity contribution in [2.75, 3.05) is 7.11 Å². The van der Waals surface area contributed by atoms with E-state index >= 15 is 0 Å². The number of hydrogen-bond acceptors (Lipinski definition) is 4. The van der Waals surface area contributed by atoms with E-state index in [0.29, 0.717) is 11.8 Å². The number of esters is 1. The van der Waals surface area contributed by atoms with Crippen molar-refractivity contribution in [2.45, 2.75) is 19.2 Å². The first-order valence-corrected chi connectivity index (χ1v) is 7.10. The van der Waals surface area contributed by atoms with Crippen LogP contribution >= 0.6 is 0 Å². The van der Waals surface area contributed by atoms with Crippen molar-refractivity contribution in [3.63, 3.8) is 0 Å². The second-order valence-electron chi connectivity index (χ2n) is 5.00. The number of benzene rings is 2. The number of carbonyl (C=O) groups excluding carboxylic acids is 1. The van der Waals surface area contributed by atoms with E-state index < -0.39 is 29.6 Å². The lowest BCUT2D eigenvalue weighted by Crippen LogP contribution is -2.24. The molecule has 8 heteroatoms. The minimum Gasteiger partial charge on any atom is -0.479 e. The number of methoxy groups -OCH3 is 1. The van der Waals surface area contributed by atoms with Crippen LogP contribution in [-0.2, 0) is 15.7 Å². The fraction of sp³-hybridized carbons (Fsp3) is 0.235. The first kappa shape index (κ1) is 18.6. The van der Waals surface area contributed by atoms with Gasteiger partial charge in [0.2, 0.25) is 0 Å². The summed E-state index contributed by atoms with van der Waals surface area (Å²) < 4.78 is 66.3. The summed E-state index contributed by atoms with van der Waals surface area (Å²) in [6, 6.07) is 7.79. The molecular weight excluding hydrogens is 344 g/mol. The first-order chi connectivity index (χ1) is 11.7. The summed E-state index contributed by atoms with van der Waals surface area (Å²) in [5.74, 6) is -1.49. The van der Waals surface area contributed by atoms with Gasteiger partial charge >= 0.3 is 12.1 Å². The Kier molecular flexibility index (Phi) is 5.51. The van der Waals surface area contributed by atoms with Gasteiger partial charge in [-0.1, -0.05) is 0 Å². The molecule has 0 bridgehead atoms. The predicted molar refractivity (Wildman–Crippen MR) is 80.0 cm³/mol. The van der Waals surface area contributed by atoms with E-state index in [4.69, 9.17) is 9.47 Å². The highest BCUT2D eigenvalue weighted by atomic mass is 19.4. The molecule has 0 spiro atoms. The number of alkyl halides is 3. The van der Waals surface area contributed by atoms with Crippen molar-refractivity contribution >= 4 is 5.97 Å². The summed E-state index contributed by atoms with van der Waals surface area (Å²) in [6.07, 6.45) is -5.45. The Labute approximate surface area is 140 Å². The van der Waals surface area contributed by atoms with Crippen LogP contribution in [0.1, 0.15) is 12.5 Å². The summed E-state index contributed by atoms with van der Waals surface area (Å²) in [5, 5.41) is 0. The van der Waals surface area contributed by atoms with Crippen LogP contribution in [0.4, 0.5) is 17.6 Å². The lowest BCUT2D eigenvalue weighted by Gasteiger charge is -2.13. The lowest BCUT2D eigenvalue weighted by molar-refractivity contribution is -0.147. The molecule has 0 aromatic heterocycles. The Balaban J connectivity index is 2.08. The second-order valence-corrected chi connectivity index (χ2v) is 5.00. The second kappa shape index (κ2) is 7.42. The van der Waals surface area contributed by atoms with Crippen molar-refractivity contribution in [1.29, 1.82) is 0 Å². The highest BCUT2D eigenvalue weighted by Gasteiger charge is 2.31. The van der Waals surface area contributed by atoms with E-state index in [1.165, 1.54) is 38.3 Å². The molecular formula is C17H14F4O4. The van der Waals surface area contributed by atoms with Gasteiger partial charge in [0.1, 0.15) is 11.5 Å². The van der Waals surface area contributed by atoms with Gasteiger partial charge in [0.05, 0.1) is 12.7 Å². The SMILES string of the molecule is COC(=O)C(C)Oc1ccc(Oc2ccc(C(F)(F)F)cc2F)cc1. The van der Waals surface area contributed by atoms with Gasteiger partial charge in [0.25, 0.3) is 0 Å². The molecule has 2 aromatic rings. The Morgan fingerprint density at radius 1 is 1.04 bits per heavy atom. The molecule has 1 atom stereocenters.